The van der Waals surface area contributed by atoms with Gasteiger partial charge < -0.3 is 5.21 Å². The van der Waals surface area contributed by atoms with Gasteiger partial charge in [0.05, 0.1) is 23.1 Å². The summed E-state index contributed by atoms with van der Waals surface area (Å²) in [4.78, 5) is 4.63. The largest absolute Gasteiger partial charge is 0.411 e. The number of aryl methyl sites for hydroxylation is 2. The van der Waals surface area contributed by atoms with Gasteiger partial charge in [-0.25, -0.2) is 9.67 Å². The van der Waals surface area contributed by atoms with Gasteiger partial charge in [0.15, 0.2) is 5.82 Å². The Kier molecular flexibility index (Phi) is 3.76. The van der Waals surface area contributed by atoms with E-state index in [1.54, 1.807) is 11.6 Å². The van der Waals surface area contributed by atoms with Crippen LogP contribution in [-0.4, -0.2) is 35.5 Å². The van der Waals surface area contributed by atoms with E-state index in [4.69, 9.17) is 5.21 Å². The van der Waals surface area contributed by atoms with Crippen molar-refractivity contribution in [1.29, 1.82) is 0 Å². The van der Waals surface area contributed by atoms with Crippen molar-refractivity contribution in [3.05, 3.63) is 60.0 Å². The minimum Gasteiger partial charge on any atom is -0.411 e. The zero-order valence-electron chi connectivity index (χ0n) is 14.7. The number of aromatic nitrogens is 5. The third-order valence-corrected chi connectivity index (χ3v) is 4.27. The van der Waals surface area contributed by atoms with Crippen molar-refractivity contribution < 1.29 is 5.21 Å². The first-order valence-corrected chi connectivity index (χ1v) is 8.21. The van der Waals surface area contributed by atoms with Gasteiger partial charge in [-0.3, -0.25) is 4.68 Å². The molecule has 0 saturated carbocycles. The lowest BCUT2D eigenvalue weighted by Gasteiger charge is -2.07. The van der Waals surface area contributed by atoms with Crippen molar-refractivity contribution in [3.63, 3.8) is 0 Å². The zero-order chi connectivity index (χ0) is 18.3. The van der Waals surface area contributed by atoms with E-state index >= 15 is 0 Å². The summed E-state index contributed by atoms with van der Waals surface area (Å²) in [5.41, 5.74) is 4.92. The number of hydrogen-bond acceptors (Lipinski definition) is 5. The van der Waals surface area contributed by atoms with Gasteiger partial charge in [-0.05, 0) is 37.6 Å². The summed E-state index contributed by atoms with van der Waals surface area (Å²) >= 11 is 0. The van der Waals surface area contributed by atoms with Crippen LogP contribution in [0.1, 0.15) is 18.2 Å². The number of pyridine rings is 1. The predicted molar refractivity (Wildman–Crippen MR) is 99.8 cm³/mol. The molecule has 4 aromatic rings. The smallest absolute Gasteiger partial charge is 0.175 e. The second-order valence-electron chi connectivity index (χ2n) is 6.28. The van der Waals surface area contributed by atoms with Crippen molar-refractivity contribution in [2.24, 2.45) is 12.2 Å². The van der Waals surface area contributed by atoms with Crippen LogP contribution in [0.2, 0.25) is 0 Å². The predicted octanol–water partition coefficient (Wildman–Crippen LogP) is 3.33. The molecule has 0 unspecified atom stereocenters. The number of fused-ring (bicyclic) bond motifs is 1. The molecule has 7 heteroatoms. The average Bonchev–Trinajstić information content (AvgIpc) is 3.25. The Morgan fingerprint density at radius 1 is 1.15 bits per heavy atom. The van der Waals surface area contributed by atoms with Crippen LogP contribution < -0.4 is 0 Å². The Morgan fingerprint density at radius 3 is 2.73 bits per heavy atom. The van der Waals surface area contributed by atoms with Gasteiger partial charge in [-0.1, -0.05) is 17.3 Å². The molecule has 0 spiro atoms. The molecule has 3 aromatic heterocycles. The van der Waals surface area contributed by atoms with Crippen molar-refractivity contribution in [1.82, 2.24) is 24.5 Å². The lowest BCUT2D eigenvalue weighted by Crippen LogP contribution is -2.01. The van der Waals surface area contributed by atoms with Crippen LogP contribution in [0.15, 0.2) is 53.9 Å². The Labute approximate surface area is 150 Å². The van der Waals surface area contributed by atoms with Gasteiger partial charge in [0.2, 0.25) is 0 Å². The highest BCUT2D eigenvalue weighted by atomic mass is 16.4. The van der Waals surface area contributed by atoms with Gasteiger partial charge in [-0.15, -0.1) is 0 Å². The molecule has 0 bridgehead atoms. The monoisotopic (exact) mass is 346 g/mol. The lowest BCUT2D eigenvalue weighted by atomic mass is 10.1. The summed E-state index contributed by atoms with van der Waals surface area (Å²) in [5, 5.41) is 22.2. The van der Waals surface area contributed by atoms with Crippen LogP contribution in [-0.2, 0) is 7.05 Å². The maximum absolute atomic E-state index is 9.05. The molecule has 0 saturated heterocycles. The third kappa shape index (κ3) is 2.73. The van der Waals surface area contributed by atoms with Gasteiger partial charge in [-0.2, -0.15) is 10.2 Å². The molecule has 3 heterocycles. The topological polar surface area (TPSA) is 81.1 Å². The van der Waals surface area contributed by atoms with E-state index in [2.05, 4.69) is 20.3 Å². The van der Waals surface area contributed by atoms with E-state index < -0.39 is 0 Å². The van der Waals surface area contributed by atoms with Crippen LogP contribution in [0.5, 0.6) is 0 Å². The molecule has 7 nitrogen and oxygen atoms in total. The maximum Gasteiger partial charge on any atom is 0.175 e. The highest BCUT2D eigenvalue weighted by molar-refractivity contribution is 5.97. The van der Waals surface area contributed by atoms with E-state index in [1.807, 2.05) is 67.4 Å². The highest BCUT2D eigenvalue weighted by Gasteiger charge is 2.11. The first-order valence-electron chi connectivity index (χ1n) is 8.21. The quantitative estimate of drug-likeness (QED) is 0.350. The van der Waals surface area contributed by atoms with Crippen LogP contribution in [0.4, 0.5) is 0 Å². The van der Waals surface area contributed by atoms with E-state index in [0.29, 0.717) is 11.4 Å². The normalized spacial score (nSPS) is 12.0. The molecule has 0 atom stereocenters. The second kappa shape index (κ2) is 6.11. The molecule has 0 aliphatic rings. The molecule has 1 aromatic carbocycles. The minimum atomic E-state index is 0.481. The Balaban J connectivity index is 1.87. The van der Waals surface area contributed by atoms with E-state index in [1.165, 1.54) is 0 Å². The number of nitrogens with zero attached hydrogens (tertiary/aromatic N) is 6. The first kappa shape index (κ1) is 16.0. The number of oxime groups is 1. The molecule has 0 aliphatic carbocycles. The minimum absolute atomic E-state index is 0.481. The fraction of sp³-hybridized carbons (Fsp3) is 0.158. The average molecular weight is 346 g/mol. The summed E-state index contributed by atoms with van der Waals surface area (Å²) < 4.78 is 3.56. The first-order chi connectivity index (χ1) is 12.5. The van der Waals surface area contributed by atoms with Crippen molar-refractivity contribution in [2.75, 3.05) is 0 Å². The molecule has 1 N–H and O–H groups in total. The van der Waals surface area contributed by atoms with Gasteiger partial charge in [0.25, 0.3) is 0 Å². The van der Waals surface area contributed by atoms with E-state index in [-0.39, 0.29) is 0 Å². The van der Waals surface area contributed by atoms with Crippen LogP contribution in [0.25, 0.3) is 28.0 Å². The van der Waals surface area contributed by atoms with Gasteiger partial charge in [0.1, 0.15) is 5.71 Å². The summed E-state index contributed by atoms with van der Waals surface area (Å²) in [6.45, 7) is 3.72. The zero-order valence-corrected chi connectivity index (χ0v) is 14.7. The Morgan fingerprint density at radius 2 is 2.00 bits per heavy atom. The summed E-state index contributed by atoms with van der Waals surface area (Å²) in [7, 11) is 1.88. The van der Waals surface area contributed by atoms with Crippen LogP contribution >= 0.6 is 0 Å². The third-order valence-electron chi connectivity index (χ3n) is 4.27. The lowest BCUT2D eigenvalue weighted by molar-refractivity contribution is 0.319. The van der Waals surface area contributed by atoms with E-state index in [9.17, 15) is 0 Å². The molecule has 0 amide bonds. The molecule has 0 fully saturated rings. The summed E-state index contributed by atoms with van der Waals surface area (Å²) in [5.74, 6) is 0.765. The van der Waals surface area contributed by atoms with E-state index in [0.717, 1.165) is 33.5 Å². The van der Waals surface area contributed by atoms with Crippen molar-refractivity contribution >= 4 is 16.6 Å². The standard InChI is InChI=1S/C19H18N6O/c1-12-8-16(13(2)23-26)21-17(9-12)14-4-5-15-11-20-25(18(15)10-14)19-6-7-24(3)22-19/h4-11,26H,1-3H3/b23-13-. The molecular weight excluding hydrogens is 328 g/mol. The summed E-state index contributed by atoms with van der Waals surface area (Å²) in [6.07, 6.45) is 3.71. The maximum atomic E-state index is 9.05. The Hall–Kier alpha value is -3.48. The highest BCUT2D eigenvalue weighted by Crippen LogP contribution is 2.25. The molecule has 4 rings (SSSR count). The molecule has 130 valence electrons. The number of hydrogen-bond donors (Lipinski definition) is 1. The molecule has 0 aliphatic heterocycles. The number of rotatable bonds is 3. The van der Waals surface area contributed by atoms with Gasteiger partial charge >= 0.3 is 0 Å². The molecule has 26 heavy (non-hydrogen) atoms. The fourth-order valence-corrected chi connectivity index (χ4v) is 2.93. The summed E-state index contributed by atoms with van der Waals surface area (Å²) in [6, 6.07) is 11.9. The van der Waals surface area contributed by atoms with Crippen LogP contribution in [0.3, 0.4) is 0 Å². The second-order valence-corrected chi connectivity index (χ2v) is 6.28. The molecule has 0 radical (unpaired) electrons. The van der Waals surface area contributed by atoms with Crippen molar-refractivity contribution in [3.8, 4) is 17.1 Å². The molecular formula is C19H18N6O. The van der Waals surface area contributed by atoms with Gasteiger partial charge in [0, 0.05) is 30.3 Å². The Bertz CT molecular complexity index is 1140. The van der Waals surface area contributed by atoms with Crippen LogP contribution in [0, 0.1) is 6.92 Å². The fourth-order valence-electron chi connectivity index (χ4n) is 2.93. The number of benzene rings is 1. The SMILES string of the molecule is C/C(=N/O)c1cc(C)cc(-c2ccc3cnn(-c4ccn(C)n4)c3c2)n1. The van der Waals surface area contributed by atoms with Crippen molar-refractivity contribution in [2.45, 2.75) is 13.8 Å².